The molecule has 4 heterocycles. The van der Waals surface area contributed by atoms with Crippen molar-refractivity contribution in [3.63, 3.8) is 0 Å². The maximum atomic E-state index is 13.1. The Morgan fingerprint density at radius 2 is 1.90 bits per heavy atom. The molecule has 8 heteroatoms. The number of halogens is 1. The molecule has 30 heavy (non-hydrogen) atoms. The Morgan fingerprint density at radius 3 is 2.67 bits per heavy atom. The van der Waals surface area contributed by atoms with Gasteiger partial charge >= 0.3 is 0 Å². The smallest absolute Gasteiger partial charge is 0.262 e. The Labute approximate surface area is 179 Å². The fourth-order valence-corrected chi connectivity index (χ4v) is 3.90. The molecule has 1 N–H and O–H groups in total. The predicted molar refractivity (Wildman–Crippen MR) is 116 cm³/mol. The summed E-state index contributed by atoms with van der Waals surface area (Å²) in [6.45, 7) is 4.50. The summed E-state index contributed by atoms with van der Waals surface area (Å²) < 4.78 is 0. The van der Waals surface area contributed by atoms with Crippen molar-refractivity contribution < 1.29 is 4.79 Å². The number of aryl methyl sites for hydroxylation is 2. The normalized spacial score (nSPS) is 15.8. The molecule has 0 spiro atoms. The third kappa shape index (κ3) is 3.50. The van der Waals surface area contributed by atoms with E-state index in [1.807, 2.05) is 26.1 Å². The number of nitrogens with zero attached hydrogens (tertiary/aromatic N) is 5. The third-order valence-corrected chi connectivity index (χ3v) is 5.71. The van der Waals surface area contributed by atoms with Crippen molar-refractivity contribution in [2.24, 2.45) is 0 Å². The van der Waals surface area contributed by atoms with Crippen LogP contribution in [-0.4, -0.2) is 38.4 Å². The summed E-state index contributed by atoms with van der Waals surface area (Å²) in [4.78, 5) is 32.6. The van der Waals surface area contributed by atoms with E-state index in [2.05, 4.69) is 31.3 Å². The predicted octanol–water partition coefficient (Wildman–Crippen LogP) is 3.98. The average molecular weight is 421 g/mol. The molecule has 1 amide bonds. The van der Waals surface area contributed by atoms with Gasteiger partial charge in [-0.1, -0.05) is 17.7 Å². The van der Waals surface area contributed by atoms with E-state index in [4.69, 9.17) is 11.6 Å². The number of anilines is 2. The molecule has 2 aliphatic rings. The van der Waals surface area contributed by atoms with Crippen LogP contribution in [0.15, 0.2) is 30.7 Å². The molecular weight excluding hydrogens is 400 g/mol. The summed E-state index contributed by atoms with van der Waals surface area (Å²) in [5.41, 5.74) is 4.95. The third-order valence-electron chi connectivity index (χ3n) is 5.41. The van der Waals surface area contributed by atoms with Crippen LogP contribution >= 0.6 is 11.6 Å². The molecule has 0 saturated heterocycles. The van der Waals surface area contributed by atoms with Crippen molar-refractivity contribution in [1.82, 2.24) is 19.9 Å². The molecule has 0 radical (unpaired) electrons. The molecular formula is C22H21ClN6O. The minimum Gasteiger partial charge on any atom is -0.351 e. The fraction of sp³-hybridized carbons (Fsp3) is 0.318. The van der Waals surface area contributed by atoms with Gasteiger partial charge in [0.15, 0.2) is 0 Å². The molecule has 0 aromatic carbocycles. The Balaban J connectivity index is 1.47. The minimum atomic E-state index is -0.149. The lowest BCUT2D eigenvalue weighted by Crippen LogP contribution is -2.39. The van der Waals surface area contributed by atoms with E-state index < -0.39 is 0 Å². The second kappa shape index (κ2) is 7.32. The maximum absolute atomic E-state index is 13.1. The van der Waals surface area contributed by atoms with E-state index in [0.717, 1.165) is 40.9 Å². The number of carbonyl (C=O) groups is 1. The Bertz CT molecular complexity index is 1160. The first-order chi connectivity index (χ1) is 14.5. The van der Waals surface area contributed by atoms with E-state index in [1.165, 1.54) is 0 Å². The number of aromatic nitrogens is 4. The van der Waals surface area contributed by atoms with Gasteiger partial charge in [0.05, 0.1) is 22.0 Å². The molecule has 1 aliphatic carbocycles. The molecule has 1 aliphatic heterocycles. The van der Waals surface area contributed by atoms with Gasteiger partial charge in [0.2, 0.25) is 5.95 Å². The van der Waals surface area contributed by atoms with Crippen LogP contribution in [0.25, 0.3) is 11.3 Å². The zero-order valence-corrected chi connectivity index (χ0v) is 17.6. The van der Waals surface area contributed by atoms with Crippen molar-refractivity contribution in [1.29, 1.82) is 0 Å². The number of amides is 1. The van der Waals surface area contributed by atoms with Crippen LogP contribution in [0.3, 0.4) is 0 Å². The van der Waals surface area contributed by atoms with E-state index in [9.17, 15) is 4.79 Å². The Hall–Kier alpha value is -3.06. The summed E-state index contributed by atoms with van der Waals surface area (Å²) in [7, 11) is 0. The lowest BCUT2D eigenvalue weighted by molar-refractivity contribution is 0.0978. The zero-order chi connectivity index (χ0) is 20.8. The number of hydrogen-bond donors (Lipinski definition) is 1. The number of carbonyl (C=O) groups excluding carboxylic acids is 1. The van der Waals surface area contributed by atoms with Gasteiger partial charge in [-0.15, -0.1) is 0 Å². The average Bonchev–Trinajstić information content (AvgIpc) is 3.53. The highest BCUT2D eigenvalue weighted by molar-refractivity contribution is 6.33. The highest BCUT2D eigenvalue weighted by Crippen LogP contribution is 2.33. The lowest BCUT2D eigenvalue weighted by atomic mass is 10.0. The van der Waals surface area contributed by atoms with Crippen molar-refractivity contribution in [2.75, 3.05) is 16.8 Å². The molecule has 0 bridgehead atoms. The highest BCUT2D eigenvalue weighted by Gasteiger charge is 2.29. The van der Waals surface area contributed by atoms with Gasteiger partial charge in [0, 0.05) is 43.2 Å². The van der Waals surface area contributed by atoms with Crippen molar-refractivity contribution in [3.05, 3.63) is 58.1 Å². The van der Waals surface area contributed by atoms with Crippen LogP contribution in [0.1, 0.15) is 40.0 Å². The van der Waals surface area contributed by atoms with Gasteiger partial charge in [-0.25, -0.2) is 15.0 Å². The largest absolute Gasteiger partial charge is 0.351 e. The molecule has 1 fully saturated rings. The fourth-order valence-electron chi connectivity index (χ4n) is 3.70. The van der Waals surface area contributed by atoms with Crippen LogP contribution in [0.2, 0.25) is 5.02 Å². The van der Waals surface area contributed by atoms with E-state index >= 15 is 0 Å². The molecule has 7 nitrogen and oxygen atoms in total. The van der Waals surface area contributed by atoms with Crippen LogP contribution in [0.4, 0.5) is 11.8 Å². The first-order valence-electron chi connectivity index (χ1n) is 10.0. The lowest BCUT2D eigenvalue weighted by Gasteiger charge is -2.27. The number of rotatable bonds is 4. The Kier molecular flexibility index (Phi) is 4.62. The summed E-state index contributed by atoms with van der Waals surface area (Å²) >= 11 is 6.43. The van der Waals surface area contributed by atoms with Crippen molar-refractivity contribution >= 4 is 29.3 Å². The van der Waals surface area contributed by atoms with Crippen LogP contribution in [0.5, 0.6) is 0 Å². The summed E-state index contributed by atoms with van der Waals surface area (Å²) in [5, 5.41) is 3.79. The zero-order valence-electron chi connectivity index (χ0n) is 16.8. The van der Waals surface area contributed by atoms with Crippen molar-refractivity contribution in [3.8, 4) is 11.3 Å². The van der Waals surface area contributed by atoms with Gasteiger partial charge < -0.3 is 5.32 Å². The van der Waals surface area contributed by atoms with Gasteiger partial charge in [-0.05, 0) is 43.9 Å². The van der Waals surface area contributed by atoms with Crippen molar-refractivity contribution in [2.45, 2.75) is 39.2 Å². The van der Waals surface area contributed by atoms with E-state index in [-0.39, 0.29) is 5.91 Å². The van der Waals surface area contributed by atoms with Crippen LogP contribution in [-0.2, 0) is 6.42 Å². The monoisotopic (exact) mass is 420 g/mol. The van der Waals surface area contributed by atoms with Gasteiger partial charge in [0.25, 0.3) is 5.91 Å². The number of fused-ring (bicyclic) bond motifs is 1. The molecule has 3 aromatic rings. The van der Waals surface area contributed by atoms with E-state index in [1.54, 1.807) is 17.3 Å². The second-order valence-electron chi connectivity index (χ2n) is 7.88. The first-order valence-corrected chi connectivity index (χ1v) is 10.4. The minimum absolute atomic E-state index is 0.149. The standard InChI is InChI=1S/C22H21ClN6O/c1-12-7-13(2)20(25-9-12)15-8-19(24-11-17(15)23)29-6-5-18-16(21(29)30)10-26-22(28-18)27-14-3-4-14/h7-11,14H,3-6H2,1-2H3,(H,26,27,28). The number of nitrogens with one attached hydrogen (secondary N) is 1. The maximum Gasteiger partial charge on any atom is 0.262 e. The molecule has 3 aromatic heterocycles. The second-order valence-corrected chi connectivity index (χ2v) is 8.29. The molecule has 1 saturated carbocycles. The highest BCUT2D eigenvalue weighted by atomic mass is 35.5. The van der Waals surface area contributed by atoms with E-state index in [0.29, 0.717) is 41.4 Å². The summed E-state index contributed by atoms with van der Waals surface area (Å²) in [6.07, 6.45) is 7.94. The molecule has 0 atom stereocenters. The molecule has 5 rings (SSSR count). The molecule has 152 valence electrons. The summed E-state index contributed by atoms with van der Waals surface area (Å²) in [5.74, 6) is 1.00. The Morgan fingerprint density at radius 1 is 1.07 bits per heavy atom. The molecule has 0 unspecified atom stereocenters. The SMILES string of the molecule is Cc1cnc(-c2cc(N3CCc4nc(NC5CC5)ncc4C3=O)ncc2Cl)c(C)c1. The number of pyridine rings is 2. The quantitative estimate of drug-likeness (QED) is 0.687. The van der Waals surface area contributed by atoms with Gasteiger partial charge in [-0.3, -0.25) is 14.7 Å². The number of hydrogen-bond acceptors (Lipinski definition) is 6. The van der Waals surface area contributed by atoms with Gasteiger partial charge in [-0.2, -0.15) is 0 Å². The van der Waals surface area contributed by atoms with Crippen LogP contribution < -0.4 is 10.2 Å². The topological polar surface area (TPSA) is 83.9 Å². The summed E-state index contributed by atoms with van der Waals surface area (Å²) in [6, 6.07) is 4.36. The first kappa shape index (κ1) is 18.9. The van der Waals surface area contributed by atoms with Gasteiger partial charge in [0.1, 0.15) is 5.82 Å². The van der Waals surface area contributed by atoms with Crippen LogP contribution in [0, 0.1) is 13.8 Å².